The maximum Gasteiger partial charge on any atom is 0.135 e. The molecule has 35 heavy (non-hydrogen) atoms. The first-order valence-corrected chi connectivity index (χ1v) is 10.5. The van der Waals surface area contributed by atoms with Gasteiger partial charge in [-0.1, -0.05) is 115 Å². The standard InChI is InChI=1S/C34H22O/c1-3-11-23(12-4-1)32-22-26-21-25(19-20-31(26)35-32)34-29-17-9-7-15-27(29)33(24-13-5-2-6-14-24)28-16-8-10-18-30(28)34/h1-22H/i1D,2D,3D,4D,5D,6D,7D,8D,9D,10D,11D,12D,13D,14D,15D,16D,17D,18D. The Morgan fingerprint density at radius 3 is 1.51 bits per heavy atom. The fourth-order valence-corrected chi connectivity index (χ4v) is 4.23. The van der Waals surface area contributed by atoms with Gasteiger partial charge in [0.1, 0.15) is 11.3 Å². The molecule has 0 amide bonds. The van der Waals surface area contributed by atoms with Gasteiger partial charge in [0.05, 0.1) is 24.7 Å². The largest absolute Gasteiger partial charge is 0.456 e. The van der Waals surface area contributed by atoms with E-state index in [0.717, 1.165) is 0 Å². The van der Waals surface area contributed by atoms with E-state index in [1.54, 1.807) is 0 Å². The highest BCUT2D eigenvalue weighted by Crippen LogP contribution is 2.44. The number of hydrogen-bond donors (Lipinski definition) is 0. The van der Waals surface area contributed by atoms with Gasteiger partial charge in [-0.15, -0.1) is 0 Å². The topological polar surface area (TPSA) is 13.1 Å². The lowest BCUT2D eigenvalue weighted by atomic mass is 9.86. The van der Waals surface area contributed by atoms with Gasteiger partial charge in [0.2, 0.25) is 0 Å². The Kier molecular flexibility index (Phi) is 2.03. The van der Waals surface area contributed by atoms with E-state index in [1.165, 1.54) is 24.3 Å². The molecule has 0 N–H and O–H groups in total. The fraction of sp³-hybridized carbons (Fsp3) is 0. The molecule has 0 aliphatic carbocycles. The molecule has 0 spiro atoms. The summed E-state index contributed by atoms with van der Waals surface area (Å²) in [6.45, 7) is 0. The fourth-order valence-electron chi connectivity index (χ4n) is 4.23. The number of furan rings is 1. The van der Waals surface area contributed by atoms with Crippen molar-refractivity contribution in [3.63, 3.8) is 0 Å². The summed E-state index contributed by atoms with van der Waals surface area (Å²) in [5.41, 5.74) is -0.885. The van der Waals surface area contributed by atoms with Crippen LogP contribution in [-0.4, -0.2) is 0 Å². The molecule has 0 fully saturated rings. The summed E-state index contributed by atoms with van der Waals surface area (Å²) < 4.78 is 160. The zero-order valence-corrected chi connectivity index (χ0v) is 17.7. The van der Waals surface area contributed by atoms with E-state index < -0.39 is 120 Å². The van der Waals surface area contributed by atoms with Crippen molar-refractivity contribution in [3.05, 3.63) is 133 Å². The summed E-state index contributed by atoms with van der Waals surface area (Å²) in [5.74, 6) is -0.0794. The minimum absolute atomic E-state index is 0.0794. The summed E-state index contributed by atoms with van der Waals surface area (Å²) in [6, 6.07) is -6.32. The van der Waals surface area contributed by atoms with Crippen molar-refractivity contribution < 1.29 is 29.1 Å². The molecule has 0 radical (unpaired) electrons. The average molecular weight is 465 g/mol. The molecular weight excluding hydrogens is 424 g/mol. The summed E-state index contributed by atoms with van der Waals surface area (Å²) in [6.07, 6.45) is 0. The van der Waals surface area contributed by atoms with E-state index in [-0.39, 0.29) is 49.6 Å². The summed E-state index contributed by atoms with van der Waals surface area (Å²) >= 11 is 0. The number of hydrogen-bond acceptors (Lipinski definition) is 1. The van der Waals surface area contributed by atoms with Crippen molar-refractivity contribution in [3.8, 4) is 33.6 Å². The molecule has 164 valence electrons. The second-order valence-electron chi connectivity index (χ2n) is 7.61. The van der Waals surface area contributed by atoms with Gasteiger partial charge in [-0.2, -0.15) is 0 Å². The molecule has 0 aliphatic heterocycles. The van der Waals surface area contributed by atoms with Crippen molar-refractivity contribution in [2.45, 2.75) is 0 Å². The van der Waals surface area contributed by atoms with Gasteiger partial charge < -0.3 is 4.42 Å². The smallest absolute Gasteiger partial charge is 0.135 e. The predicted molar refractivity (Wildman–Crippen MR) is 148 cm³/mol. The first kappa shape index (κ1) is 8.87. The Balaban J connectivity index is 1.71. The SMILES string of the molecule is [2H]c1c([2H])c([2H])c(-c2cc3cc(-c4c5c([2H])c([2H])c([2H])c([2H])c5c(-c5c([2H])c([2H])c([2H])c([2H])c5[2H])c5c([2H])c([2H])c([2H])c([2H])c45)ccc3o2)c([2H])c1[2H]. The average Bonchev–Trinajstić information content (AvgIpc) is 3.56. The minimum atomic E-state index is -0.770. The molecule has 0 saturated carbocycles. The molecule has 0 saturated heterocycles. The van der Waals surface area contributed by atoms with Crippen LogP contribution in [0.3, 0.4) is 0 Å². The van der Waals surface area contributed by atoms with E-state index in [0.29, 0.717) is 5.39 Å². The van der Waals surface area contributed by atoms with Crippen LogP contribution in [0.2, 0.25) is 0 Å². The first-order valence-electron chi connectivity index (χ1n) is 19.5. The Labute approximate surface area is 229 Å². The van der Waals surface area contributed by atoms with Gasteiger partial charge >= 0.3 is 0 Å². The van der Waals surface area contributed by atoms with Gasteiger partial charge in [-0.05, 0) is 62.0 Å². The lowest BCUT2D eigenvalue weighted by Crippen LogP contribution is -1.90. The van der Waals surface area contributed by atoms with E-state index in [4.69, 9.17) is 29.1 Å². The van der Waals surface area contributed by atoms with Crippen LogP contribution >= 0.6 is 0 Å². The van der Waals surface area contributed by atoms with Gasteiger partial charge in [-0.3, -0.25) is 0 Å². The van der Waals surface area contributed by atoms with Crippen LogP contribution < -0.4 is 0 Å². The molecule has 0 atom stereocenters. The van der Waals surface area contributed by atoms with Gasteiger partial charge in [0.15, 0.2) is 0 Å². The number of fused-ring (bicyclic) bond motifs is 3. The molecule has 0 unspecified atom stereocenters. The summed E-state index contributed by atoms with van der Waals surface area (Å²) in [7, 11) is 0. The number of rotatable bonds is 3. The number of benzene rings is 6. The molecule has 1 aromatic heterocycles. The normalized spacial score (nSPS) is 18.6. The minimum Gasteiger partial charge on any atom is -0.456 e. The highest BCUT2D eigenvalue weighted by molar-refractivity contribution is 6.21. The van der Waals surface area contributed by atoms with E-state index in [9.17, 15) is 0 Å². The quantitative estimate of drug-likeness (QED) is 0.237. The molecule has 0 aliphatic rings. The lowest BCUT2D eigenvalue weighted by Gasteiger charge is -2.17. The second kappa shape index (κ2) is 8.00. The van der Waals surface area contributed by atoms with E-state index in [1.807, 2.05) is 0 Å². The highest BCUT2D eigenvalue weighted by atomic mass is 16.3. The Hall–Kier alpha value is -4.62. The van der Waals surface area contributed by atoms with Crippen LogP contribution in [-0.2, 0) is 0 Å². The van der Waals surface area contributed by atoms with E-state index in [2.05, 4.69) is 0 Å². The van der Waals surface area contributed by atoms with Crippen LogP contribution in [0.1, 0.15) is 24.7 Å². The molecule has 1 heterocycles. The molecule has 7 rings (SSSR count). The van der Waals surface area contributed by atoms with Crippen LogP contribution in [0.5, 0.6) is 0 Å². The monoisotopic (exact) mass is 464 g/mol. The van der Waals surface area contributed by atoms with Gasteiger partial charge in [0, 0.05) is 10.9 Å². The van der Waals surface area contributed by atoms with Crippen LogP contribution in [0.25, 0.3) is 66.1 Å². The van der Waals surface area contributed by atoms with Crippen molar-refractivity contribution in [1.82, 2.24) is 0 Å². The van der Waals surface area contributed by atoms with Crippen molar-refractivity contribution in [1.29, 1.82) is 0 Å². The molecular formula is C34H22O. The zero-order chi connectivity index (χ0) is 38.9. The maximum atomic E-state index is 9.09. The molecule has 7 aromatic rings. The van der Waals surface area contributed by atoms with Gasteiger partial charge in [-0.25, -0.2) is 0 Å². The Morgan fingerprint density at radius 2 is 0.943 bits per heavy atom. The Bertz CT molecular complexity index is 2680. The van der Waals surface area contributed by atoms with E-state index >= 15 is 0 Å². The zero-order valence-electron chi connectivity index (χ0n) is 35.7. The molecule has 1 nitrogen and oxygen atoms in total. The van der Waals surface area contributed by atoms with Crippen LogP contribution in [0.15, 0.2) is 137 Å². The second-order valence-corrected chi connectivity index (χ2v) is 7.61. The third-order valence-corrected chi connectivity index (χ3v) is 5.68. The predicted octanol–water partition coefficient (Wildman–Crippen LogP) is 9.74. The third kappa shape index (κ3) is 3.25. The maximum absolute atomic E-state index is 9.09. The molecule has 6 aromatic carbocycles. The van der Waals surface area contributed by atoms with Crippen LogP contribution in [0, 0.1) is 0 Å². The van der Waals surface area contributed by atoms with Crippen molar-refractivity contribution in [2.24, 2.45) is 0 Å². The first-order chi connectivity index (χ1) is 24.8. The van der Waals surface area contributed by atoms with Gasteiger partial charge in [0.25, 0.3) is 0 Å². The van der Waals surface area contributed by atoms with Crippen molar-refractivity contribution >= 4 is 32.5 Å². The summed E-state index contributed by atoms with van der Waals surface area (Å²) in [5, 5.41) is -0.932. The van der Waals surface area contributed by atoms with Crippen molar-refractivity contribution in [2.75, 3.05) is 0 Å². The lowest BCUT2D eigenvalue weighted by molar-refractivity contribution is 0.631. The molecule has 0 bridgehead atoms. The Morgan fingerprint density at radius 1 is 0.457 bits per heavy atom. The highest BCUT2D eigenvalue weighted by Gasteiger charge is 2.17. The summed E-state index contributed by atoms with van der Waals surface area (Å²) in [4.78, 5) is 0. The third-order valence-electron chi connectivity index (χ3n) is 5.68. The molecule has 1 heteroatoms. The van der Waals surface area contributed by atoms with Crippen LogP contribution in [0.4, 0.5) is 0 Å².